The summed E-state index contributed by atoms with van der Waals surface area (Å²) in [5, 5.41) is 6.61. The van der Waals surface area contributed by atoms with Crippen molar-refractivity contribution in [3.05, 3.63) is 58.6 Å². The Morgan fingerprint density at radius 1 is 1.08 bits per heavy atom. The molecular weight excluding hydrogens is 386 g/mol. The lowest BCUT2D eigenvalue weighted by atomic mass is 10.2. The minimum atomic E-state index is -0.336. The number of amides is 2. The Morgan fingerprint density at radius 3 is 2.48 bits per heavy atom. The molecule has 2 aromatic carbocycles. The predicted molar refractivity (Wildman–Crippen MR) is 101 cm³/mol. The van der Waals surface area contributed by atoms with Crippen LogP contribution in [0.3, 0.4) is 0 Å². The Labute approximate surface area is 154 Å². The summed E-state index contributed by atoms with van der Waals surface area (Å²) in [5.74, 6) is 0.0951. The van der Waals surface area contributed by atoms with Gasteiger partial charge < -0.3 is 10.1 Å². The third-order valence-corrected chi connectivity index (χ3v) is 3.77. The standard InChI is InChI=1S/C18H18BrN3O3/c1-25-16-5-3-2-4-13(16)12-20-22-18(24)11-10-17(23)21-15-8-6-14(19)7-9-15/h2-9,12H,10-11H2,1H3,(H,21,23)(H,22,24)/b20-12+. The van der Waals surface area contributed by atoms with Gasteiger partial charge in [-0.15, -0.1) is 0 Å². The Hall–Kier alpha value is -2.67. The van der Waals surface area contributed by atoms with Crippen LogP contribution in [0.25, 0.3) is 0 Å². The summed E-state index contributed by atoms with van der Waals surface area (Å²) in [5.41, 5.74) is 3.83. The molecule has 0 aromatic heterocycles. The first kappa shape index (κ1) is 18.7. The number of carbonyl (C=O) groups is 2. The zero-order valence-electron chi connectivity index (χ0n) is 13.7. The number of ether oxygens (including phenoxy) is 1. The van der Waals surface area contributed by atoms with Crippen molar-refractivity contribution >= 4 is 39.6 Å². The predicted octanol–water partition coefficient (Wildman–Crippen LogP) is 3.33. The number of methoxy groups -OCH3 is 1. The average molecular weight is 404 g/mol. The number of anilines is 1. The molecular formula is C18H18BrN3O3. The third-order valence-electron chi connectivity index (χ3n) is 3.24. The number of para-hydroxylation sites is 1. The van der Waals surface area contributed by atoms with E-state index in [2.05, 4.69) is 31.8 Å². The summed E-state index contributed by atoms with van der Waals surface area (Å²) in [6.45, 7) is 0. The van der Waals surface area contributed by atoms with Crippen molar-refractivity contribution in [3.8, 4) is 5.75 Å². The molecule has 0 radical (unpaired) electrons. The van der Waals surface area contributed by atoms with Crippen LogP contribution in [0.4, 0.5) is 5.69 Å². The molecule has 2 rings (SSSR count). The summed E-state index contributed by atoms with van der Waals surface area (Å²) in [6, 6.07) is 14.5. The van der Waals surface area contributed by atoms with Gasteiger partial charge in [0.2, 0.25) is 11.8 Å². The number of halogens is 1. The van der Waals surface area contributed by atoms with E-state index in [0.717, 1.165) is 10.0 Å². The van der Waals surface area contributed by atoms with Crippen molar-refractivity contribution in [2.24, 2.45) is 5.10 Å². The van der Waals surface area contributed by atoms with Crippen molar-refractivity contribution in [1.29, 1.82) is 0 Å². The first-order valence-corrected chi connectivity index (χ1v) is 8.38. The van der Waals surface area contributed by atoms with Gasteiger partial charge >= 0.3 is 0 Å². The van der Waals surface area contributed by atoms with Crippen molar-refractivity contribution in [1.82, 2.24) is 5.43 Å². The van der Waals surface area contributed by atoms with Gasteiger partial charge in [0.15, 0.2) is 0 Å². The fourth-order valence-corrected chi connectivity index (χ4v) is 2.25. The maximum absolute atomic E-state index is 11.8. The Bertz CT molecular complexity index is 760. The monoisotopic (exact) mass is 403 g/mol. The molecule has 0 aliphatic rings. The summed E-state index contributed by atoms with van der Waals surface area (Å²) in [4.78, 5) is 23.6. The minimum absolute atomic E-state index is 0.0472. The lowest BCUT2D eigenvalue weighted by Crippen LogP contribution is -2.20. The third kappa shape index (κ3) is 6.39. The van der Waals surface area contributed by atoms with Gasteiger partial charge in [0.1, 0.15) is 5.75 Å². The van der Waals surface area contributed by atoms with Gasteiger partial charge in [-0.25, -0.2) is 5.43 Å². The smallest absolute Gasteiger partial charge is 0.240 e. The molecule has 2 aromatic rings. The molecule has 0 aliphatic heterocycles. The number of benzene rings is 2. The van der Waals surface area contributed by atoms with Crippen molar-refractivity contribution in [2.75, 3.05) is 12.4 Å². The highest BCUT2D eigenvalue weighted by Gasteiger charge is 2.07. The quantitative estimate of drug-likeness (QED) is 0.549. The molecule has 0 fully saturated rings. The topological polar surface area (TPSA) is 79.8 Å². The molecule has 0 spiro atoms. The SMILES string of the molecule is COc1ccccc1/C=N/NC(=O)CCC(=O)Nc1ccc(Br)cc1. The van der Waals surface area contributed by atoms with Crippen LogP contribution in [0, 0.1) is 0 Å². The van der Waals surface area contributed by atoms with Crippen LogP contribution in [-0.2, 0) is 9.59 Å². The molecule has 6 nitrogen and oxygen atoms in total. The highest BCUT2D eigenvalue weighted by Crippen LogP contribution is 2.15. The lowest BCUT2D eigenvalue weighted by Gasteiger charge is -2.05. The second-order valence-corrected chi connectivity index (χ2v) is 6.01. The molecule has 0 aliphatic carbocycles. The van der Waals surface area contributed by atoms with Gasteiger partial charge in [-0.2, -0.15) is 5.10 Å². The average Bonchev–Trinajstić information content (AvgIpc) is 2.62. The van der Waals surface area contributed by atoms with Crippen molar-refractivity contribution < 1.29 is 14.3 Å². The largest absolute Gasteiger partial charge is 0.496 e. The first-order valence-electron chi connectivity index (χ1n) is 7.59. The van der Waals surface area contributed by atoms with E-state index in [-0.39, 0.29) is 24.7 Å². The highest BCUT2D eigenvalue weighted by molar-refractivity contribution is 9.10. The molecule has 25 heavy (non-hydrogen) atoms. The molecule has 2 N–H and O–H groups in total. The van der Waals surface area contributed by atoms with E-state index >= 15 is 0 Å². The van der Waals surface area contributed by atoms with E-state index in [1.807, 2.05) is 30.3 Å². The number of nitrogens with zero attached hydrogens (tertiary/aromatic N) is 1. The summed E-state index contributed by atoms with van der Waals surface area (Å²) in [7, 11) is 1.56. The van der Waals surface area contributed by atoms with Crippen molar-refractivity contribution in [3.63, 3.8) is 0 Å². The first-order chi connectivity index (χ1) is 12.1. The van der Waals surface area contributed by atoms with Crippen LogP contribution in [0.5, 0.6) is 5.75 Å². The molecule has 0 saturated heterocycles. The summed E-state index contributed by atoms with van der Waals surface area (Å²) >= 11 is 3.32. The second-order valence-electron chi connectivity index (χ2n) is 5.09. The van der Waals surface area contributed by atoms with E-state index in [1.54, 1.807) is 25.3 Å². The fraction of sp³-hybridized carbons (Fsp3) is 0.167. The number of rotatable bonds is 7. The molecule has 7 heteroatoms. The number of hydrogen-bond acceptors (Lipinski definition) is 4. The van der Waals surface area contributed by atoms with Gasteiger partial charge in [0.25, 0.3) is 0 Å². The van der Waals surface area contributed by atoms with Crippen LogP contribution in [0.1, 0.15) is 18.4 Å². The Kier molecular flexibility index (Phi) is 7.16. The Morgan fingerprint density at radius 2 is 1.76 bits per heavy atom. The summed E-state index contributed by atoms with van der Waals surface area (Å²) in [6.07, 6.45) is 1.62. The van der Waals surface area contributed by atoms with E-state index in [0.29, 0.717) is 11.4 Å². The number of nitrogens with one attached hydrogen (secondary N) is 2. The number of hydrazone groups is 1. The maximum Gasteiger partial charge on any atom is 0.240 e. The second kappa shape index (κ2) is 9.58. The van der Waals surface area contributed by atoms with E-state index in [9.17, 15) is 9.59 Å². The molecule has 0 bridgehead atoms. The number of carbonyl (C=O) groups excluding carboxylic acids is 2. The lowest BCUT2D eigenvalue weighted by molar-refractivity contribution is -0.124. The van der Waals surface area contributed by atoms with E-state index in [4.69, 9.17) is 4.74 Å². The van der Waals surface area contributed by atoms with Crippen LogP contribution in [-0.4, -0.2) is 25.1 Å². The molecule has 0 atom stereocenters. The highest BCUT2D eigenvalue weighted by atomic mass is 79.9. The normalized spacial score (nSPS) is 10.5. The molecule has 130 valence electrons. The van der Waals surface area contributed by atoms with Crippen LogP contribution in [0.2, 0.25) is 0 Å². The van der Waals surface area contributed by atoms with Crippen LogP contribution in [0.15, 0.2) is 58.1 Å². The number of hydrogen-bond donors (Lipinski definition) is 2. The van der Waals surface area contributed by atoms with E-state index in [1.165, 1.54) is 6.21 Å². The van der Waals surface area contributed by atoms with Crippen LogP contribution >= 0.6 is 15.9 Å². The van der Waals surface area contributed by atoms with Gasteiger partial charge in [-0.3, -0.25) is 9.59 Å². The van der Waals surface area contributed by atoms with Crippen LogP contribution < -0.4 is 15.5 Å². The summed E-state index contributed by atoms with van der Waals surface area (Å²) < 4.78 is 6.11. The minimum Gasteiger partial charge on any atom is -0.496 e. The van der Waals surface area contributed by atoms with Crippen molar-refractivity contribution in [2.45, 2.75) is 12.8 Å². The van der Waals surface area contributed by atoms with E-state index < -0.39 is 0 Å². The molecule has 2 amide bonds. The van der Waals surface area contributed by atoms with Gasteiger partial charge in [0.05, 0.1) is 13.3 Å². The van der Waals surface area contributed by atoms with Gasteiger partial charge in [0, 0.05) is 28.6 Å². The maximum atomic E-state index is 11.8. The fourth-order valence-electron chi connectivity index (χ4n) is 1.99. The van der Waals surface area contributed by atoms with Gasteiger partial charge in [-0.1, -0.05) is 28.1 Å². The molecule has 0 saturated carbocycles. The molecule has 0 heterocycles. The zero-order valence-corrected chi connectivity index (χ0v) is 15.2. The zero-order chi connectivity index (χ0) is 18.1. The Balaban J connectivity index is 1.75. The van der Waals surface area contributed by atoms with Gasteiger partial charge in [-0.05, 0) is 36.4 Å². The molecule has 0 unspecified atom stereocenters.